The number of nitrogens with two attached hydrogens (primary N) is 1. The summed E-state index contributed by atoms with van der Waals surface area (Å²) in [7, 11) is 0. The molecule has 0 aromatic heterocycles. The number of hydrogen-bond acceptors (Lipinski definition) is 3. The normalized spacial score (nSPS) is 22.7. The molecule has 1 aromatic rings. The third-order valence-electron chi connectivity index (χ3n) is 5.51. The monoisotopic (exact) mass is 329 g/mol. The van der Waals surface area contributed by atoms with E-state index in [1.165, 1.54) is 5.56 Å². The van der Waals surface area contributed by atoms with Crippen molar-refractivity contribution in [2.24, 2.45) is 5.73 Å². The number of aryl methyl sites for hydroxylation is 1. The summed E-state index contributed by atoms with van der Waals surface area (Å²) >= 11 is 0. The molecule has 2 amide bonds. The number of nitrogens with zero attached hydrogens (tertiary/aromatic N) is 2. The second-order valence-corrected chi connectivity index (χ2v) is 7.01. The molecule has 0 radical (unpaired) electrons. The standard InChI is InChI=1S/C19H27N3O2/c1-14-5-2-3-6-15(14)13-18(23)21-11-8-16(9-12-21)22-10-4-7-17(22)19(20)24/h2-3,5-6,16-17H,4,7-13H2,1H3,(H2,20,24). The van der Waals surface area contributed by atoms with Crippen LogP contribution in [0.15, 0.2) is 24.3 Å². The molecule has 2 saturated heterocycles. The first-order chi connectivity index (χ1) is 11.6. The zero-order valence-corrected chi connectivity index (χ0v) is 14.4. The highest BCUT2D eigenvalue weighted by Crippen LogP contribution is 2.26. The largest absolute Gasteiger partial charge is 0.368 e. The van der Waals surface area contributed by atoms with Crippen LogP contribution in [0, 0.1) is 6.92 Å². The van der Waals surface area contributed by atoms with Gasteiger partial charge < -0.3 is 10.6 Å². The minimum absolute atomic E-state index is 0.107. The maximum Gasteiger partial charge on any atom is 0.234 e. The topological polar surface area (TPSA) is 66.6 Å². The molecular formula is C19H27N3O2. The van der Waals surface area contributed by atoms with Gasteiger partial charge in [0.2, 0.25) is 11.8 Å². The van der Waals surface area contributed by atoms with Crippen LogP contribution in [0.25, 0.3) is 0 Å². The number of likely N-dealkylation sites (tertiary alicyclic amines) is 2. The van der Waals surface area contributed by atoms with E-state index in [0.717, 1.165) is 50.9 Å². The van der Waals surface area contributed by atoms with Crippen LogP contribution in [0.1, 0.15) is 36.8 Å². The van der Waals surface area contributed by atoms with Gasteiger partial charge in [0.15, 0.2) is 0 Å². The molecule has 130 valence electrons. The van der Waals surface area contributed by atoms with Crippen LogP contribution in [-0.2, 0) is 16.0 Å². The van der Waals surface area contributed by atoms with Crippen LogP contribution in [-0.4, -0.2) is 53.3 Å². The van der Waals surface area contributed by atoms with E-state index in [4.69, 9.17) is 5.73 Å². The van der Waals surface area contributed by atoms with Gasteiger partial charge in [0.05, 0.1) is 12.5 Å². The fraction of sp³-hybridized carbons (Fsp3) is 0.579. The second kappa shape index (κ2) is 7.34. The maximum atomic E-state index is 12.6. The summed E-state index contributed by atoms with van der Waals surface area (Å²) in [5.74, 6) is 0.00109. The van der Waals surface area contributed by atoms with Crippen LogP contribution in [0.2, 0.25) is 0 Å². The summed E-state index contributed by atoms with van der Waals surface area (Å²) in [5.41, 5.74) is 7.80. The first kappa shape index (κ1) is 17.0. The Morgan fingerprint density at radius 3 is 2.50 bits per heavy atom. The molecule has 0 aliphatic carbocycles. The summed E-state index contributed by atoms with van der Waals surface area (Å²) < 4.78 is 0. The predicted molar refractivity (Wildman–Crippen MR) is 93.4 cm³/mol. The summed E-state index contributed by atoms with van der Waals surface area (Å²) in [6, 6.07) is 8.34. The SMILES string of the molecule is Cc1ccccc1CC(=O)N1CCC(N2CCCC2C(N)=O)CC1. The van der Waals surface area contributed by atoms with E-state index in [0.29, 0.717) is 12.5 Å². The molecular weight excluding hydrogens is 302 g/mol. The van der Waals surface area contributed by atoms with E-state index in [2.05, 4.69) is 4.90 Å². The molecule has 2 aliphatic rings. The van der Waals surface area contributed by atoms with Crippen LogP contribution in [0.5, 0.6) is 0 Å². The fourth-order valence-electron chi connectivity index (χ4n) is 4.06. The van der Waals surface area contributed by atoms with Gasteiger partial charge >= 0.3 is 0 Å². The number of carbonyl (C=O) groups is 2. The van der Waals surface area contributed by atoms with Gasteiger partial charge in [0, 0.05) is 19.1 Å². The van der Waals surface area contributed by atoms with Gasteiger partial charge in [-0.25, -0.2) is 0 Å². The van der Waals surface area contributed by atoms with Crippen LogP contribution in [0.4, 0.5) is 0 Å². The average Bonchev–Trinajstić information content (AvgIpc) is 3.07. The number of piperidine rings is 1. The zero-order valence-electron chi connectivity index (χ0n) is 14.4. The number of amides is 2. The number of benzene rings is 1. The van der Waals surface area contributed by atoms with E-state index in [-0.39, 0.29) is 17.9 Å². The van der Waals surface area contributed by atoms with Crippen molar-refractivity contribution in [3.63, 3.8) is 0 Å². The quantitative estimate of drug-likeness (QED) is 0.910. The van der Waals surface area contributed by atoms with Crippen LogP contribution in [0.3, 0.4) is 0 Å². The van der Waals surface area contributed by atoms with Gasteiger partial charge in [0.25, 0.3) is 0 Å². The molecule has 5 heteroatoms. The average molecular weight is 329 g/mol. The van der Waals surface area contributed by atoms with Crippen molar-refractivity contribution in [2.75, 3.05) is 19.6 Å². The molecule has 0 saturated carbocycles. The van der Waals surface area contributed by atoms with Crippen LogP contribution < -0.4 is 5.73 Å². The van der Waals surface area contributed by atoms with Gasteiger partial charge in [0.1, 0.15) is 0 Å². The van der Waals surface area contributed by atoms with E-state index in [9.17, 15) is 9.59 Å². The molecule has 5 nitrogen and oxygen atoms in total. The highest BCUT2D eigenvalue weighted by atomic mass is 16.2. The first-order valence-corrected chi connectivity index (χ1v) is 8.93. The fourth-order valence-corrected chi connectivity index (χ4v) is 4.06. The Kier molecular flexibility index (Phi) is 5.19. The van der Waals surface area contributed by atoms with Crippen molar-refractivity contribution < 1.29 is 9.59 Å². The molecule has 24 heavy (non-hydrogen) atoms. The van der Waals surface area contributed by atoms with Gasteiger partial charge in [-0.2, -0.15) is 0 Å². The summed E-state index contributed by atoms with van der Waals surface area (Å²) in [4.78, 5) is 28.4. The number of rotatable bonds is 4. The van der Waals surface area contributed by atoms with Gasteiger partial charge in [-0.15, -0.1) is 0 Å². The third-order valence-corrected chi connectivity index (χ3v) is 5.51. The minimum atomic E-state index is -0.203. The Morgan fingerprint density at radius 1 is 1.12 bits per heavy atom. The summed E-state index contributed by atoms with van der Waals surface area (Å²) in [5, 5.41) is 0. The van der Waals surface area contributed by atoms with Crippen molar-refractivity contribution in [3.8, 4) is 0 Å². The lowest BCUT2D eigenvalue weighted by Gasteiger charge is -2.38. The van der Waals surface area contributed by atoms with E-state index < -0.39 is 0 Å². The molecule has 0 spiro atoms. The van der Waals surface area contributed by atoms with E-state index in [1.807, 2.05) is 36.1 Å². The Labute approximate surface area is 143 Å². The first-order valence-electron chi connectivity index (χ1n) is 8.93. The Balaban J connectivity index is 1.54. The van der Waals surface area contributed by atoms with E-state index >= 15 is 0 Å². The molecule has 1 atom stereocenters. The van der Waals surface area contributed by atoms with Crippen LogP contribution >= 0.6 is 0 Å². The smallest absolute Gasteiger partial charge is 0.234 e. The molecule has 0 bridgehead atoms. The Morgan fingerprint density at radius 2 is 1.83 bits per heavy atom. The van der Waals surface area contributed by atoms with Crippen molar-refractivity contribution in [1.82, 2.24) is 9.80 Å². The maximum absolute atomic E-state index is 12.6. The highest BCUT2D eigenvalue weighted by molar-refractivity contribution is 5.80. The summed E-state index contributed by atoms with van der Waals surface area (Å²) in [6.45, 7) is 4.55. The summed E-state index contributed by atoms with van der Waals surface area (Å²) in [6.07, 6.45) is 4.26. The lowest BCUT2D eigenvalue weighted by molar-refractivity contribution is -0.133. The number of carbonyl (C=O) groups excluding carboxylic acids is 2. The second-order valence-electron chi connectivity index (χ2n) is 7.01. The Hall–Kier alpha value is -1.88. The van der Waals surface area contributed by atoms with Gasteiger partial charge in [-0.1, -0.05) is 24.3 Å². The number of hydrogen-bond donors (Lipinski definition) is 1. The molecule has 3 rings (SSSR count). The van der Waals surface area contributed by atoms with Crippen molar-refractivity contribution in [1.29, 1.82) is 0 Å². The van der Waals surface area contributed by atoms with Crippen molar-refractivity contribution in [3.05, 3.63) is 35.4 Å². The van der Waals surface area contributed by atoms with Gasteiger partial charge in [-0.3, -0.25) is 14.5 Å². The Bertz CT molecular complexity index is 608. The lowest BCUT2D eigenvalue weighted by Crippen LogP contribution is -2.51. The molecule has 2 fully saturated rings. The zero-order chi connectivity index (χ0) is 17.1. The van der Waals surface area contributed by atoms with Crippen molar-refractivity contribution in [2.45, 2.75) is 51.1 Å². The molecule has 1 unspecified atom stereocenters. The molecule has 2 heterocycles. The van der Waals surface area contributed by atoms with Crippen molar-refractivity contribution >= 4 is 11.8 Å². The molecule has 1 aromatic carbocycles. The van der Waals surface area contributed by atoms with E-state index in [1.54, 1.807) is 0 Å². The predicted octanol–water partition coefficient (Wildman–Crippen LogP) is 1.48. The lowest BCUT2D eigenvalue weighted by atomic mass is 10.00. The third kappa shape index (κ3) is 3.61. The molecule has 2 N–H and O–H groups in total. The highest BCUT2D eigenvalue weighted by Gasteiger charge is 2.36. The van der Waals surface area contributed by atoms with Gasteiger partial charge in [-0.05, 0) is 50.3 Å². The number of primary amides is 1. The minimum Gasteiger partial charge on any atom is -0.368 e. The molecule has 2 aliphatic heterocycles.